The predicted molar refractivity (Wildman–Crippen MR) is 86.5 cm³/mol. The Hall–Kier alpha value is -2.14. The number of anilines is 1. The van der Waals surface area contributed by atoms with Crippen molar-refractivity contribution in [2.45, 2.75) is 26.7 Å². The molecule has 3 rings (SSSR count). The minimum Gasteiger partial charge on any atom is -0.422 e. The van der Waals surface area contributed by atoms with Crippen molar-refractivity contribution in [1.82, 2.24) is 0 Å². The number of carbonyl (C=O) groups is 2. The number of esters is 1. The molecule has 1 aromatic carbocycles. The number of hydrogen-bond acceptors (Lipinski definition) is 4. The first-order valence-corrected chi connectivity index (χ1v) is 8.05. The van der Waals surface area contributed by atoms with Crippen LogP contribution in [0.3, 0.4) is 0 Å². The molecule has 0 aliphatic heterocycles. The van der Waals surface area contributed by atoms with Gasteiger partial charge in [0.25, 0.3) is 0 Å². The van der Waals surface area contributed by atoms with Crippen LogP contribution in [0.1, 0.15) is 33.6 Å². The van der Waals surface area contributed by atoms with Crippen LogP contribution in [-0.2, 0) is 4.79 Å². The second-order valence-electron chi connectivity index (χ2n) is 5.59. The number of aryl methyl sites for hydroxylation is 2. The monoisotopic (exact) mass is 315 g/mol. The lowest BCUT2D eigenvalue weighted by Gasteiger charge is -2.07. The van der Waals surface area contributed by atoms with Crippen molar-refractivity contribution in [3.8, 4) is 5.75 Å². The molecule has 0 atom stereocenters. The van der Waals surface area contributed by atoms with Gasteiger partial charge in [-0.1, -0.05) is 12.1 Å². The van der Waals surface area contributed by atoms with Crippen LogP contribution in [0.4, 0.5) is 5.00 Å². The van der Waals surface area contributed by atoms with Crippen LogP contribution in [0.5, 0.6) is 5.75 Å². The molecule has 1 amide bonds. The summed E-state index contributed by atoms with van der Waals surface area (Å²) in [6, 6.07) is 9.17. The number of benzene rings is 1. The van der Waals surface area contributed by atoms with E-state index in [9.17, 15) is 9.59 Å². The molecule has 0 unspecified atom stereocenters. The van der Waals surface area contributed by atoms with E-state index in [0.717, 1.165) is 24.0 Å². The third-order valence-electron chi connectivity index (χ3n) is 3.55. The molecule has 0 saturated heterocycles. The lowest BCUT2D eigenvalue weighted by atomic mass is 10.1. The lowest BCUT2D eigenvalue weighted by Crippen LogP contribution is -2.12. The maximum Gasteiger partial charge on any atom is 0.353 e. The highest BCUT2D eigenvalue weighted by atomic mass is 32.1. The van der Waals surface area contributed by atoms with Crippen molar-refractivity contribution in [3.05, 3.63) is 46.3 Å². The largest absolute Gasteiger partial charge is 0.422 e. The first-order valence-electron chi connectivity index (χ1n) is 7.23. The quantitative estimate of drug-likeness (QED) is 0.687. The van der Waals surface area contributed by atoms with Gasteiger partial charge in [0.05, 0.1) is 5.00 Å². The molecule has 5 heteroatoms. The van der Waals surface area contributed by atoms with Gasteiger partial charge in [0.1, 0.15) is 10.6 Å². The van der Waals surface area contributed by atoms with Gasteiger partial charge in [0, 0.05) is 5.92 Å². The van der Waals surface area contributed by atoms with E-state index in [-0.39, 0.29) is 11.8 Å². The highest BCUT2D eigenvalue weighted by Crippen LogP contribution is 2.32. The summed E-state index contributed by atoms with van der Waals surface area (Å²) in [6.07, 6.45) is 1.91. The standard InChI is InChI=1S/C17H17NO3S/c1-10-3-4-11(2)13(9-10)21-17(20)14-7-8-15(22-14)18-16(19)12-5-6-12/h3-4,7-9,12H,5-6H2,1-2H3,(H,18,19). The molecule has 1 aliphatic carbocycles. The van der Waals surface area contributed by atoms with Crippen LogP contribution in [0.25, 0.3) is 0 Å². The van der Waals surface area contributed by atoms with Crippen LogP contribution < -0.4 is 10.1 Å². The molecule has 22 heavy (non-hydrogen) atoms. The van der Waals surface area contributed by atoms with Crippen molar-refractivity contribution in [2.24, 2.45) is 5.92 Å². The van der Waals surface area contributed by atoms with Gasteiger partial charge >= 0.3 is 5.97 Å². The minimum absolute atomic E-state index is 0.0382. The summed E-state index contributed by atoms with van der Waals surface area (Å²) in [6.45, 7) is 3.85. The Bertz CT molecular complexity index is 731. The molecule has 114 valence electrons. The molecule has 0 radical (unpaired) electrons. The molecule has 1 aliphatic rings. The van der Waals surface area contributed by atoms with Crippen LogP contribution in [0, 0.1) is 19.8 Å². The fraction of sp³-hybridized carbons (Fsp3) is 0.294. The number of carbonyl (C=O) groups excluding carboxylic acids is 2. The van der Waals surface area contributed by atoms with E-state index < -0.39 is 5.97 Å². The van der Waals surface area contributed by atoms with Gasteiger partial charge in [-0.3, -0.25) is 4.79 Å². The van der Waals surface area contributed by atoms with E-state index in [4.69, 9.17) is 4.74 Å². The lowest BCUT2D eigenvalue weighted by molar-refractivity contribution is -0.117. The Balaban J connectivity index is 1.68. The summed E-state index contributed by atoms with van der Waals surface area (Å²) in [4.78, 5) is 24.4. The van der Waals surface area contributed by atoms with E-state index in [1.165, 1.54) is 11.3 Å². The van der Waals surface area contributed by atoms with Crippen molar-refractivity contribution in [1.29, 1.82) is 0 Å². The SMILES string of the molecule is Cc1ccc(C)c(OC(=O)c2ccc(NC(=O)C3CC3)s2)c1. The summed E-state index contributed by atoms with van der Waals surface area (Å²) in [5.74, 6) is 0.358. The van der Waals surface area contributed by atoms with Gasteiger partial charge in [-0.2, -0.15) is 0 Å². The first-order chi connectivity index (χ1) is 10.5. The van der Waals surface area contributed by atoms with Crippen LogP contribution >= 0.6 is 11.3 Å². The normalized spacial score (nSPS) is 13.7. The molecule has 0 spiro atoms. The molecular formula is C17H17NO3S. The molecule has 1 aromatic heterocycles. The summed E-state index contributed by atoms with van der Waals surface area (Å²) in [5.41, 5.74) is 1.95. The van der Waals surface area contributed by atoms with Crippen molar-refractivity contribution >= 4 is 28.2 Å². The Morgan fingerprint density at radius 1 is 1.18 bits per heavy atom. The van der Waals surface area contributed by atoms with E-state index in [1.807, 2.05) is 32.0 Å². The maximum atomic E-state index is 12.2. The average Bonchev–Trinajstić information content (AvgIpc) is 3.23. The predicted octanol–water partition coefficient (Wildman–Crippen LogP) is 3.93. The highest BCUT2D eigenvalue weighted by molar-refractivity contribution is 7.18. The summed E-state index contributed by atoms with van der Waals surface area (Å²) >= 11 is 1.24. The zero-order valence-electron chi connectivity index (χ0n) is 12.5. The van der Waals surface area contributed by atoms with Crippen molar-refractivity contribution < 1.29 is 14.3 Å². The Morgan fingerprint density at radius 2 is 1.95 bits per heavy atom. The molecule has 2 aromatic rings. The third kappa shape index (κ3) is 3.36. The molecular weight excluding hydrogens is 298 g/mol. The topological polar surface area (TPSA) is 55.4 Å². The van der Waals surface area contributed by atoms with Crippen molar-refractivity contribution in [3.63, 3.8) is 0 Å². The number of ether oxygens (including phenoxy) is 1. The molecule has 4 nitrogen and oxygen atoms in total. The van der Waals surface area contributed by atoms with Gasteiger partial charge in [-0.25, -0.2) is 4.79 Å². The zero-order chi connectivity index (χ0) is 15.7. The van der Waals surface area contributed by atoms with Gasteiger partial charge in [-0.15, -0.1) is 11.3 Å². The minimum atomic E-state index is -0.398. The second kappa shape index (κ2) is 5.93. The van der Waals surface area contributed by atoms with Gasteiger partial charge < -0.3 is 10.1 Å². The molecule has 1 heterocycles. The van der Waals surface area contributed by atoms with Crippen LogP contribution in [-0.4, -0.2) is 11.9 Å². The number of hydrogen-bond donors (Lipinski definition) is 1. The van der Waals surface area contributed by atoms with Crippen molar-refractivity contribution in [2.75, 3.05) is 5.32 Å². The fourth-order valence-electron chi connectivity index (χ4n) is 2.05. The number of rotatable bonds is 4. The Labute approximate surface area is 133 Å². The Morgan fingerprint density at radius 3 is 2.68 bits per heavy atom. The van der Waals surface area contributed by atoms with Crippen LogP contribution in [0.2, 0.25) is 0 Å². The van der Waals surface area contributed by atoms with Crippen LogP contribution in [0.15, 0.2) is 30.3 Å². The number of thiophene rings is 1. The van der Waals surface area contributed by atoms with E-state index in [2.05, 4.69) is 5.32 Å². The number of nitrogens with one attached hydrogen (secondary N) is 1. The van der Waals surface area contributed by atoms with E-state index in [0.29, 0.717) is 15.6 Å². The van der Waals surface area contributed by atoms with Gasteiger partial charge in [0.15, 0.2) is 0 Å². The summed E-state index contributed by atoms with van der Waals surface area (Å²) in [5, 5.41) is 3.52. The van der Waals surface area contributed by atoms with E-state index >= 15 is 0 Å². The number of amides is 1. The summed E-state index contributed by atoms with van der Waals surface area (Å²) < 4.78 is 5.45. The second-order valence-corrected chi connectivity index (χ2v) is 6.67. The van der Waals surface area contributed by atoms with E-state index in [1.54, 1.807) is 12.1 Å². The highest BCUT2D eigenvalue weighted by Gasteiger charge is 2.30. The molecule has 0 bridgehead atoms. The van der Waals surface area contributed by atoms with Gasteiger partial charge in [0.2, 0.25) is 5.91 Å². The molecule has 1 N–H and O–H groups in total. The maximum absolute atomic E-state index is 12.2. The smallest absolute Gasteiger partial charge is 0.353 e. The molecule has 1 saturated carbocycles. The zero-order valence-corrected chi connectivity index (χ0v) is 13.3. The summed E-state index contributed by atoms with van der Waals surface area (Å²) in [7, 11) is 0. The fourth-order valence-corrected chi connectivity index (χ4v) is 2.84. The Kier molecular flexibility index (Phi) is 3.98. The average molecular weight is 315 g/mol. The first kappa shape index (κ1) is 14.8. The molecule has 1 fully saturated rings. The third-order valence-corrected chi connectivity index (χ3v) is 4.53. The van der Waals surface area contributed by atoms with Gasteiger partial charge in [-0.05, 0) is 56.0 Å².